The molecule has 106 valence electrons. The molecule has 1 fully saturated rings. The highest BCUT2D eigenvalue weighted by molar-refractivity contribution is 5.33. The average molecular weight is 262 g/mol. The molecule has 3 heteroatoms. The first kappa shape index (κ1) is 14.4. The number of benzene rings is 1. The maximum absolute atomic E-state index is 5.40. The highest BCUT2D eigenvalue weighted by Crippen LogP contribution is 2.19. The van der Waals surface area contributed by atoms with Gasteiger partial charge < -0.3 is 10.1 Å². The number of hydrogen-bond acceptors (Lipinski definition) is 3. The second-order valence-corrected chi connectivity index (χ2v) is 5.57. The van der Waals surface area contributed by atoms with E-state index in [-0.39, 0.29) is 0 Å². The van der Waals surface area contributed by atoms with Crippen LogP contribution >= 0.6 is 0 Å². The van der Waals surface area contributed by atoms with Crippen LogP contribution in [-0.2, 0) is 6.42 Å². The van der Waals surface area contributed by atoms with Crippen LogP contribution in [0.2, 0.25) is 0 Å². The van der Waals surface area contributed by atoms with Crippen molar-refractivity contribution in [2.45, 2.75) is 38.8 Å². The first-order valence-corrected chi connectivity index (χ1v) is 7.30. The van der Waals surface area contributed by atoms with Gasteiger partial charge in [-0.2, -0.15) is 0 Å². The van der Waals surface area contributed by atoms with Crippen LogP contribution in [0, 0.1) is 0 Å². The van der Waals surface area contributed by atoms with E-state index in [1.807, 2.05) is 12.1 Å². The van der Waals surface area contributed by atoms with E-state index in [1.54, 1.807) is 7.11 Å². The molecule has 0 saturated carbocycles. The lowest BCUT2D eigenvalue weighted by Crippen LogP contribution is -2.54. The summed E-state index contributed by atoms with van der Waals surface area (Å²) in [6.45, 7) is 8.01. The molecule has 3 nitrogen and oxygen atoms in total. The van der Waals surface area contributed by atoms with Crippen molar-refractivity contribution < 1.29 is 4.74 Å². The van der Waals surface area contributed by atoms with Crippen molar-refractivity contribution in [2.75, 3.05) is 26.7 Å². The molecule has 1 aliphatic rings. The van der Waals surface area contributed by atoms with Crippen LogP contribution in [-0.4, -0.2) is 43.7 Å². The van der Waals surface area contributed by atoms with Gasteiger partial charge in [-0.3, -0.25) is 4.90 Å². The van der Waals surface area contributed by atoms with Gasteiger partial charge in [-0.05, 0) is 44.9 Å². The van der Waals surface area contributed by atoms with Crippen LogP contribution in [0.3, 0.4) is 0 Å². The number of piperazine rings is 1. The lowest BCUT2D eigenvalue weighted by atomic mass is 10.1. The molecule has 2 rings (SSSR count). The van der Waals surface area contributed by atoms with E-state index < -0.39 is 0 Å². The molecule has 0 aromatic heterocycles. The summed E-state index contributed by atoms with van der Waals surface area (Å²) >= 11 is 0. The molecule has 1 aromatic carbocycles. The monoisotopic (exact) mass is 262 g/mol. The first-order chi connectivity index (χ1) is 9.20. The van der Waals surface area contributed by atoms with Crippen LogP contribution in [0.4, 0.5) is 0 Å². The van der Waals surface area contributed by atoms with Gasteiger partial charge in [0.05, 0.1) is 7.11 Å². The molecule has 1 heterocycles. The van der Waals surface area contributed by atoms with Gasteiger partial charge in [0.2, 0.25) is 0 Å². The molecule has 19 heavy (non-hydrogen) atoms. The zero-order chi connectivity index (χ0) is 13.7. The lowest BCUT2D eigenvalue weighted by molar-refractivity contribution is 0.145. The Hall–Kier alpha value is -1.06. The van der Waals surface area contributed by atoms with Gasteiger partial charge in [-0.25, -0.2) is 0 Å². The van der Waals surface area contributed by atoms with Gasteiger partial charge in [0.15, 0.2) is 0 Å². The van der Waals surface area contributed by atoms with E-state index in [2.05, 4.69) is 36.2 Å². The molecule has 0 amide bonds. The maximum atomic E-state index is 5.40. The number of ether oxygens (including phenoxy) is 1. The van der Waals surface area contributed by atoms with Crippen LogP contribution in [0.15, 0.2) is 24.3 Å². The number of para-hydroxylation sites is 1. The Morgan fingerprint density at radius 1 is 1.32 bits per heavy atom. The van der Waals surface area contributed by atoms with Gasteiger partial charge in [0, 0.05) is 25.2 Å². The Labute approximate surface area is 116 Å². The van der Waals surface area contributed by atoms with Crippen molar-refractivity contribution in [1.29, 1.82) is 0 Å². The summed E-state index contributed by atoms with van der Waals surface area (Å²) in [7, 11) is 1.75. The van der Waals surface area contributed by atoms with E-state index in [4.69, 9.17) is 4.74 Å². The smallest absolute Gasteiger partial charge is 0.122 e. The van der Waals surface area contributed by atoms with Crippen LogP contribution < -0.4 is 10.1 Å². The Balaban J connectivity index is 1.82. The third-order valence-corrected chi connectivity index (χ3v) is 3.98. The van der Waals surface area contributed by atoms with Crippen LogP contribution in [0.1, 0.15) is 25.8 Å². The van der Waals surface area contributed by atoms with Gasteiger partial charge in [-0.15, -0.1) is 0 Å². The van der Waals surface area contributed by atoms with E-state index in [1.165, 1.54) is 18.5 Å². The van der Waals surface area contributed by atoms with Crippen molar-refractivity contribution in [1.82, 2.24) is 10.2 Å². The molecule has 1 saturated heterocycles. The minimum Gasteiger partial charge on any atom is -0.496 e. The molecule has 1 N–H and O–H groups in total. The molecule has 0 spiro atoms. The first-order valence-electron chi connectivity index (χ1n) is 7.30. The highest BCUT2D eigenvalue weighted by atomic mass is 16.5. The van der Waals surface area contributed by atoms with Gasteiger partial charge in [0.25, 0.3) is 0 Å². The number of nitrogens with one attached hydrogen (secondary N) is 1. The minimum atomic E-state index is 0.613. The van der Waals surface area contributed by atoms with Crippen molar-refractivity contribution in [3.8, 4) is 5.75 Å². The third kappa shape index (κ3) is 3.95. The summed E-state index contributed by atoms with van der Waals surface area (Å²) in [4.78, 5) is 2.59. The number of rotatable bonds is 5. The van der Waals surface area contributed by atoms with Gasteiger partial charge >= 0.3 is 0 Å². The van der Waals surface area contributed by atoms with E-state index in [0.29, 0.717) is 12.1 Å². The molecule has 0 bridgehead atoms. The molecular weight excluding hydrogens is 236 g/mol. The SMILES string of the molecule is COc1ccccc1CCCN1CC(C)NCC1C. The minimum absolute atomic E-state index is 0.613. The number of aryl methyl sites for hydroxylation is 1. The Morgan fingerprint density at radius 2 is 2.11 bits per heavy atom. The topological polar surface area (TPSA) is 24.5 Å². The van der Waals surface area contributed by atoms with E-state index >= 15 is 0 Å². The lowest BCUT2D eigenvalue weighted by Gasteiger charge is -2.37. The molecule has 1 aromatic rings. The third-order valence-electron chi connectivity index (χ3n) is 3.98. The fourth-order valence-electron chi connectivity index (χ4n) is 2.79. The Kier molecular flexibility index (Phi) is 5.23. The molecule has 2 unspecified atom stereocenters. The highest BCUT2D eigenvalue weighted by Gasteiger charge is 2.21. The quantitative estimate of drug-likeness (QED) is 0.881. The van der Waals surface area contributed by atoms with Crippen molar-refractivity contribution in [3.05, 3.63) is 29.8 Å². The van der Waals surface area contributed by atoms with E-state index in [9.17, 15) is 0 Å². The molecular formula is C16H26N2O. The predicted octanol–water partition coefficient (Wildman–Crippen LogP) is 2.31. The van der Waals surface area contributed by atoms with Crippen molar-refractivity contribution in [2.24, 2.45) is 0 Å². The average Bonchev–Trinajstić information content (AvgIpc) is 2.43. The molecule has 0 aliphatic carbocycles. The zero-order valence-electron chi connectivity index (χ0n) is 12.4. The van der Waals surface area contributed by atoms with Crippen LogP contribution in [0.5, 0.6) is 5.75 Å². The summed E-state index contributed by atoms with van der Waals surface area (Å²) in [5.41, 5.74) is 1.32. The maximum Gasteiger partial charge on any atom is 0.122 e. The fraction of sp³-hybridized carbons (Fsp3) is 0.625. The molecule has 2 atom stereocenters. The second-order valence-electron chi connectivity index (χ2n) is 5.57. The van der Waals surface area contributed by atoms with Gasteiger partial charge in [-0.1, -0.05) is 18.2 Å². The van der Waals surface area contributed by atoms with Gasteiger partial charge in [0.1, 0.15) is 5.75 Å². The second kappa shape index (κ2) is 6.92. The number of methoxy groups -OCH3 is 1. The normalized spacial score (nSPS) is 24.4. The largest absolute Gasteiger partial charge is 0.496 e. The van der Waals surface area contributed by atoms with Crippen molar-refractivity contribution in [3.63, 3.8) is 0 Å². The summed E-state index contributed by atoms with van der Waals surface area (Å²) in [5.74, 6) is 1.02. The predicted molar refractivity (Wildman–Crippen MR) is 79.8 cm³/mol. The fourth-order valence-corrected chi connectivity index (χ4v) is 2.79. The number of nitrogens with zero attached hydrogens (tertiary/aromatic N) is 1. The molecule has 0 radical (unpaired) electrons. The Bertz CT molecular complexity index is 394. The summed E-state index contributed by atoms with van der Waals surface area (Å²) in [6, 6.07) is 9.60. The number of hydrogen-bond donors (Lipinski definition) is 1. The van der Waals surface area contributed by atoms with Crippen LogP contribution in [0.25, 0.3) is 0 Å². The van der Waals surface area contributed by atoms with Crippen molar-refractivity contribution >= 4 is 0 Å². The summed E-state index contributed by atoms with van der Waals surface area (Å²) < 4.78 is 5.40. The zero-order valence-corrected chi connectivity index (χ0v) is 12.4. The summed E-state index contributed by atoms with van der Waals surface area (Å²) in [5, 5.41) is 3.53. The standard InChI is InChI=1S/C16H26N2O/c1-13-12-18(14(2)11-17-13)10-6-8-15-7-4-5-9-16(15)19-3/h4-5,7,9,13-14,17H,6,8,10-12H2,1-3H3. The van der Waals surface area contributed by atoms with E-state index in [0.717, 1.165) is 25.3 Å². The summed E-state index contributed by atoms with van der Waals surface area (Å²) in [6.07, 6.45) is 2.28. The molecule has 1 aliphatic heterocycles. The Morgan fingerprint density at radius 3 is 2.89 bits per heavy atom.